The van der Waals surface area contributed by atoms with E-state index in [2.05, 4.69) is 15.5 Å². The van der Waals surface area contributed by atoms with Crippen LogP contribution in [0.5, 0.6) is 0 Å². The van der Waals surface area contributed by atoms with Crippen LogP contribution >= 0.6 is 11.6 Å². The lowest BCUT2D eigenvalue weighted by molar-refractivity contribution is -0.117. The second-order valence-corrected chi connectivity index (χ2v) is 7.05. The van der Waals surface area contributed by atoms with Crippen molar-refractivity contribution in [2.45, 2.75) is 19.4 Å². The summed E-state index contributed by atoms with van der Waals surface area (Å²) in [6.07, 6.45) is 2.06. The van der Waals surface area contributed by atoms with Crippen molar-refractivity contribution in [3.05, 3.63) is 63.7 Å². The highest BCUT2D eigenvalue weighted by Crippen LogP contribution is 2.25. The number of halogens is 1. The number of aryl methyl sites for hydroxylation is 2. The van der Waals surface area contributed by atoms with Crippen molar-refractivity contribution in [1.82, 2.24) is 19.6 Å². The molecule has 0 radical (unpaired) electrons. The molecule has 1 amide bonds. The number of anilines is 2. The van der Waals surface area contributed by atoms with Crippen molar-refractivity contribution in [3.63, 3.8) is 0 Å². The van der Waals surface area contributed by atoms with Gasteiger partial charge in [-0.1, -0.05) is 29.8 Å². The quantitative estimate of drug-likeness (QED) is 0.727. The van der Waals surface area contributed by atoms with Crippen LogP contribution in [0.4, 0.5) is 11.5 Å². The molecule has 1 unspecified atom stereocenters. The maximum absolute atomic E-state index is 12.8. The van der Waals surface area contributed by atoms with E-state index in [0.717, 1.165) is 11.5 Å². The van der Waals surface area contributed by atoms with E-state index in [1.54, 1.807) is 28.8 Å². The number of carbonyl (C=O) groups is 1. The Morgan fingerprint density at radius 1 is 1.21 bits per heavy atom. The lowest BCUT2D eigenvalue weighted by atomic mass is 10.2. The summed E-state index contributed by atoms with van der Waals surface area (Å²) in [6, 6.07) is 10.4. The summed E-state index contributed by atoms with van der Waals surface area (Å²) in [6.45, 7) is 2.44. The zero-order chi connectivity index (χ0) is 19.8. The van der Waals surface area contributed by atoms with Gasteiger partial charge in [-0.3, -0.25) is 19.2 Å². The van der Waals surface area contributed by atoms with Crippen molar-refractivity contribution >= 4 is 29.0 Å². The highest BCUT2D eigenvalue weighted by molar-refractivity contribution is 6.33. The van der Waals surface area contributed by atoms with Gasteiger partial charge in [0, 0.05) is 19.7 Å². The van der Waals surface area contributed by atoms with Crippen LogP contribution in [0, 0.1) is 6.92 Å². The molecular weight excluding hydrogens is 380 g/mol. The van der Waals surface area contributed by atoms with E-state index in [9.17, 15) is 9.59 Å². The average Bonchev–Trinajstić information content (AvgIpc) is 3.21. The number of nitrogens with zero attached hydrogens (tertiary/aromatic N) is 5. The van der Waals surface area contributed by atoms with Gasteiger partial charge in [-0.05, 0) is 25.5 Å². The number of amides is 1. The van der Waals surface area contributed by atoms with Crippen LogP contribution in [-0.4, -0.2) is 38.1 Å². The first-order valence-electron chi connectivity index (χ1n) is 8.87. The van der Waals surface area contributed by atoms with Crippen molar-refractivity contribution in [2.24, 2.45) is 7.05 Å². The van der Waals surface area contributed by atoms with E-state index >= 15 is 0 Å². The van der Waals surface area contributed by atoms with Crippen LogP contribution in [0.1, 0.15) is 12.1 Å². The van der Waals surface area contributed by atoms with Gasteiger partial charge < -0.3 is 5.32 Å². The molecule has 8 nitrogen and oxygen atoms in total. The summed E-state index contributed by atoms with van der Waals surface area (Å²) < 4.78 is 2.92. The number of rotatable bonds is 4. The van der Waals surface area contributed by atoms with Crippen molar-refractivity contribution in [1.29, 1.82) is 0 Å². The van der Waals surface area contributed by atoms with Gasteiger partial charge in [0.05, 0.1) is 23.3 Å². The number of hydrogen-bond acceptors (Lipinski definition) is 5. The summed E-state index contributed by atoms with van der Waals surface area (Å²) in [7, 11) is 1.81. The van der Waals surface area contributed by atoms with E-state index in [4.69, 9.17) is 11.6 Å². The third kappa shape index (κ3) is 3.16. The first-order valence-corrected chi connectivity index (χ1v) is 9.25. The second-order valence-electron chi connectivity index (χ2n) is 6.67. The lowest BCUT2D eigenvalue weighted by Crippen LogP contribution is -2.35. The normalized spacial score (nSPS) is 16.6. The molecule has 4 rings (SSSR count). The molecule has 0 spiro atoms. The standard InChI is InChI=1S/C19H19ClN6O2/c1-12-10-16(24(2)23-12)25-9-8-14(18(25)27)22-15-11-21-26(19(28)17(15)20)13-6-4-3-5-7-13/h3-7,10-11,14,22H,8-9H2,1-2H3. The Morgan fingerprint density at radius 2 is 1.96 bits per heavy atom. The Balaban J connectivity index is 1.57. The molecule has 1 aromatic carbocycles. The van der Waals surface area contributed by atoms with Crippen LogP contribution in [0.15, 0.2) is 47.4 Å². The molecule has 3 heterocycles. The van der Waals surface area contributed by atoms with Crippen LogP contribution in [0.25, 0.3) is 5.69 Å². The predicted molar refractivity (Wildman–Crippen MR) is 107 cm³/mol. The average molecular weight is 399 g/mol. The molecule has 144 valence electrons. The SMILES string of the molecule is Cc1cc(N2CCC(Nc3cnn(-c4ccccc4)c(=O)c3Cl)C2=O)n(C)n1. The largest absolute Gasteiger partial charge is 0.371 e. The van der Waals surface area contributed by atoms with Gasteiger partial charge >= 0.3 is 0 Å². The summed E-state index contributed by atoms with van der Waals surface area (Å²) >= 11 is 6.28. The monoisotopic (exact) mass is 398 g/mol. The molecule has 2 aromatic heterocycles. The maximum atomic E-state index is 12.8. The van der Waals surface area contributed by atoms with Crippen LogP contribution in [0.3, 0.4) is 0 Å². The minimum atomic E-state index is -0.485. The molecule has 1 saturated heterocycles. The molecular formula is C19H19ClN6O2. The second kappa shape index (κ2) is 7.12. The van der Waals surface area contributed by atoms with Crippen molar-refractivity contribution in [2.75, 3.05) is 16.8 Å². The Morgan fingerprint density at radius 3 is 2.64 bits per heavy atom. The number of para-hydroxylation sites is 1. The van der Waals surface area contributed by atoms with Crippen molar-refractivity contribution in [3.8, 4) is 5.69 Å². The van der Waals surface area contributed by atoms with E-state index < -0.39 is 11.6 Å². The van der Waals surface area contributed by atoms with Gasteiger partial charge in [0.25, 0.3) is 11.5 Å². The molecule has 3 aromatic rings. The van der Waals surface area contributed by atoms with E-state index in [1.165, 1.54) is 10.9 Å². The topological polar surface area (TPSA) is 85.0 Å². The Hall–Kier alpha value is -3.13. The van der Waals surface area contributed by atoms with E-state index in [-0.39, 0.29) is 10.9 Å². The summed E-state index contributed by atoms with van der Waals surface area (Å²) in [5.74, 6) is 0.654. The fourth-order valence-electron chi connectivity index (χ4n) is 3.37. The Labute approximate surface area is 166 Å². The van der Waals surface area contributed by atoms with E-state index in [1.807, 2.05) is 31.2 Å². The molecule has 1 aliphatic rings. The summed E-state index contributed by atoms with van der Waals surface area (Å²) in [5, 5.41) is 11.6. The van der Waals surface area contributed by atoms with Crippen LogP contribution in [-0.2, 0) is 11.8 Å². The maximum Gasteiger partial charge on any atom is 0.292 e. The third-order valence-corrected chi connectivity index (χ3v) is 5.07. The minimum Gasteiger partial charge on any atom is -0.371 e. The molecule has 0 bridgehead atoms. The van der Waals surface area contributed by atoms with Gasteiger partial charge in [0.15, 0.2) is 0 Å². The molecule has 1 atom stereocenters. The highest BCUT2D eigenvalue weighted by atomic mass is 35.5. The zero-order valence-corrected chi connectivity index (χ0v) is 16.2. The molecule has 1 N–H and O–H groups in total. The number of nitrogens with one attached hydrogen (secondary N) is 1. The fourth-order valence-corrected chi connectivity index (χ4v) is 3.55. The first kappa shape index (κ1) is 18.2. The predicted octanol–water partition coefficient (Wildman–Crippen LogP) is 2.15. The molecule has 28 heavy (non-hydrogen) atoms. The molecule has 1 aliphatic heterocycles. The zero-order valence-electron chi connectivity index (χ0n) is 15.5. The highest BCUT2D eigenvalue weighted by Gasteiger charge is 2.34. The molecule has 1 fully saturated rings. The summed E-state index contributed by atoms with van der Waals surface area (Å²) in [5.41, 5.74) is 1.37. The molecule has 0 saturated carbocycles. The van der Waals surface area contributed by atoms with Gasteiger partial charge in [-0.25, -0.2) is 0 Å². The fraction of sp³-hybridized carbons (Fsp3) is 0.263. The van der Waals surface area contributed by atoms with Crippen molar-refractivity contribution < 1.29 is 4.79 Å². The smallest absolute Gasteiger partial charge is 0.292 e. The van der Waals surface area contributed by atoms with E-state index in [0.29, 0.717) is 24.3 Å². The Kier molecular flexibility index (Phi) is 4.64. The minimum absolute atomic E-state index is 0.00137. The van der Waals surface area contributed by atoms with Gasteiger partial charge in [0.2, 0.25) is 0 Å². The van der Waals surface area contributed by atoms with Crippen LogP contribution < -0.4 is 15.8 Å². The van der Waals surface area contributed by atoms with Crippen LogP contribution in [0.2, 0.25) is 5.02 Å². The van der Waals surface area contributed by atoms with Gasteiger partial charge in [-0.15, -0.1) is 0 Å². The molecule has 0 aliphatic carbocycles. The lowest BCUT2D eigenvalue weighted by Gasteiger charge is -2.18. The first-order chi connectivity index (χ1) is 13.5. The molecule has 9 heteroatoms. The number of carbonyl (C=O) groups excluding carboxylic acids is 1. The Bertz CT molecular complexity index is 1090. The number of benzene rings is 1. The summed E-state index contributed by atoms with van der Waals surface area (Å²) in [4.78, 5) is 27.1. The number of aromatic nitrogens is 4. The van der Waals surface area contributed by atoms with Gasteiger partial charge in [0.1, 0.15) is 16.9 Å². The number of hydrogen-bond donors (Lipinski definition) is 1. The third-order valence-electron chi connectivity index (χ3n) is 4.71. The van der Waals surface area contributed by atoms with Gasteiger partial charge in [-0.2, -0.15) is 14.9 Å².